The summed E-state index contributed by atoms with van der Waals surface area (Å²) >= 11 is 0.751. The van der Waals surface area contributed by atoms with Gasteiger partial charge in [0.25, 0.3) is 11.1 Å². The molecule has 6 nitrogen and oxygen atoms in total. The highest BCUT2D eigenvalue weighted by Gasteiger charge is 2.36. The topological polar surface area (TPSA) is 86.7 Å². The van der Waals surface area contributed by atoms with Gasteiger partial charge in [0, 0.05) is 11.3 Å². The predicted molar refractivity (Wildman–Crippen MR) is 125 cm³/mol. The van der Waals surface area contributed by atoms with Crippen molar-refractivity contribution in [3.8, 4) is 5.75 Å². The molecule has 0 bridgehead atoms. The Bertz CT molecular complexity index is 1190. The van der Waals surface area contributed by atoms with Crippen LogP contribution in [0.4, 0.5) is 10.5 Å². The zero-order valence-electron chi connectivity index (χ0n) is 17.0. The number of phenolic OH excluding ortho intramolecular Hbond substituents is 1. The van der Waals surface area contributed by atoms with Gasteiger partial charge in [-0.3, -0.25) is 19.3 Å². The van der Waals surface area contributed by atoms with Gasteiger partial charge in [0.1, 0.15) is 12.3 Å². The van der Waals surface area contributed by atoms with Gasteiger partial charge >= 0.3 is 0 Å². The number of thioether (sulfide) groups is 1. The van der Waals surface area contributed by atoms with E-state index in [0.717, 1.165) is 27.8 Å². The van der Waals surface area contributed by atoms with Crippen LogP contribution in [-0.2, 0) is 16.0 Å². The number of nitrogens with one attached hydrogen (secondary N) is 1. The Kier molecular flexibility index (Phi) is 6.37. The number of phenols is 1. The molecule has 1 heterocycles. The number of carbonyl (C=O) groups is 3. The third kappa shape index (κ3) is 5.07. The number of aromatic hydroxyl groups is 1. The van der Waals surface area contributed by atoms with Crippen molar-refractivity contribution in [3.63, 3.8) is 0 Å². The average Bonchev–Trinajstić information content (AvgIpc) is 3.05. The van der Waals surface area contributed by atoms with E-state index in [1.165, 1.54) is 6.08 Å². The van der Waals surface area contributed by atoms with Crippen LogP contribution < -0.4 is 5.32 Å². The van der Waals surface area contributed by atoms with Gasteiger partial charge in [-0.2, -0.15) is 0 Å². The Hall–Kier alpha value is -3.84. The lowest BCUT2D eigenvalue weighted by molar-refractivity contribution is -0.127. The summed E-state index contributed by atoms with van der Waals surface area (Å²) in [7, 11) is 0. The van der Waals surface area contributed by atoms with Crippen molar-refractivity contribution in [2.24, 2.45) is 0 Å². The summed E-state index contributed by atoms with van der Waals surface area (Å²) in [5.74, 6) is -1.01. The summed E-state index contributed by atoms with van der Waals surface area (Å²) in [6.07, 6.45) is 2.16. The van der Waals surface area contributed by atoms with E-state index < -0.39 is 17.1 Å². The standard InChI is InChI=1S/C25H20N2O4S/c28-21-12-11-18(13-17-7-3-1-4-8-17)14-19(21)15-22-24(30)27(25(31)32-22)16-23(29)26-20-9-5-2-6-10-20/h1-12,14-15,28H,13,16H2,(H,26,29)/b22-15-. The van der Waals surface area contributed by atoms with E-state index in [9.17, 15) is 19.5 Å². The lowest BCUT2D eigenvalue weighted by atomic mass is 10.0. The highest BCUT2D eigenvalue weighted by molar-refractivity contribution is 8.18. The maximum atomic E-state index is 12.7. The zero-order chi connectivity index (χ0) is 22.5. The Morgan fingerprint density at radius 3 is 2.34 bits per heavy atom. The summed E-state index contributed by atoms with van der Waals surface area (Å²) in [5.41, 5.74) is 3.11. The fourth-order valence-corrected chi connectivity index (χ4v) is 4.13. The molecule has 1 aliphatic rings. The van der Waals surface area contributed by atoms with Gasteiger partial charge in [-0.25, -0.2) is 0 Å². The highest BCUT2D eigenvalue weighted by atomic mass is 32.2. The number of anilines is 1. The first-order valence-corrected chi connectivity index (χ1v) is 10.8. The van der Waals surface area contributed by atoms with Gasteiger partial charge in [0.2, 0.25) is 5.91 Å². The predicted octanol–water partition coefficient (Wildman–Crippen LogP) is 4.66. The van der Waals surface area contributed by atoms with Crippen molar-refractivity contribution < 1.29 is 19.5 Å². The molecule has 4 rings (SSSR count). The lowest BCUT2D eigenvalue weighted by Crippen LogP contribution is -2.36. The van der Waals surface area contributed by atoms with Crippen LogP contribution >= 0.6 is 11.8 Å². The smallest absolute Gasteiger partial charge is 0.294 e. The second kappa shape index (κ2) is 9.53. The summed E-state index contributed by atoms with van der Waals surface area (Å²) in [5, 5.41) is 12.4. The summed E-state index contributed by atoms with van der Waals surface area (Å²) in [4.78, 5) is 38.4. The third-order valence-electron chi connectivity index (χ3n) is 4.86. The van der Waals surface area contributed by atoms with Gasteiger partial charge in [-0.15, -0.1) is 0 Å². The van der Waals surface area contributed by atoms with E-state index in [2.05, 4.69) is 5.32 Å². The van der Waals surface area contributed by atoms with Crippen molar-refractivity contribution in [1.29, 1.82) is 0 Å². The van der Waals surface area contributed by atoms with Crippen LogP contribution in [0.25, 0.3) is 6.08 Å². The second-order valence-corrected chi connectivity index (χ2v) is 8.23. The van der Waals surface area contributed by atoms with Gasteiger partial charge in [0.05, 0.1) is 4.91 Å². The molecular formula is C25H20N2O4S. The number of hydrogen-bond donors (Lipinski definition) is 2. The van der Waals surface area contributed by atoms with Crippen LogP contribution in [0.1, 0.15) is 16.7 Å². The first-order valence-electron chi connectivity index (χ1n) is 9.96. The number of imide groups is 1. The molecule has 2 N–H and O–H groups in total. The molecule has 0 radical (unpaired) electrons. The minimum atomic E-state index is -0.559. The number of amides is 3. The fraction of sp³-hybridized carbons (Fsp3) is 0.0800. The van der Waals surface area contributed by atoms with Crippen LogP contribution in [-0.4, -0.2) is 33.6 Å². The molecular weight excluding hydrogens is 424 g/mol. The number of nitrogens with zero attached hydrogens (tertiary/aromatic N) is 1. The minimum Gasteiger partial charge on any atom is -0.507 e. The Balaban J connectivity index is 1.48. The Morgan fingerprint density at radius 1 is 0.938 bits per heavy atom. The van der Waals surface area contributed by atoms with Crippen molar-refractivity contribution >= 4 is 40.6 Å². The average molecular weight is 445 g/mol. The summed E-state index contributed by atoms with van der Waals surface area (Å²) in [6, 6.07) is 23.9. The van der Waals surface area contributed by atoms with Crippen LogP contribution in [0.2, 0.25) is 0 Å². The molecule has 0 atom stereocenters. The molecule has 1 saturated heterocycles. The SMILES string of the molecule is O=C(CN1C(=O)S/C(=C\c2cc(Cc3ccccc3)ccc2O)C1=O)Nc1ccccc1. The molecule has 0 unspecified atom stereocenters. The normalized spacial score (nSPS) is 14.8. The number of hydrogen-bond acceptors (Lipinski definition) is 5. The molecule has 0 saturated carbocycles. The molecule has 7 heteroatoms. The number of para-hydroxylation sites is 1. The Labute approximate surface area is 189 Å². The maximum absolute atomic E-state index is 12.7. The molecule has 32 heavy (non-hydrogen) atoms. The molecule has 0 aromatic heterocycles. The van der Waals surface area contributed by atoms with Gasteiger partial charge in [-0.1, -0.05) is 54.6 Å². The van der Waals surface area contributed by atoms with Crippen molar-refractivity contribution in [2.45, 2.75) is 6.42 Å². The van der Waals surface area contributed by atoms with Crippen molar-refractivity contribution in [2.75, 3.05) is 11.9 Å². The van der Waals surface area contributed by atoms with E-state index in [0.29, 0.717) is 17.7 Å². The van der Waals surface area contributed by atoms with E-state index in [-0.39, 0.29) is 17.2 Å². The third-order valence-corrected chi connectivity index (χ3v) is 5.77. The Morgan fingerprint density at radius 2 is 1.62 bits per heavy atom. The van der Waals surface area contributed by atoms with E-state index >= 15 is 0 Å². The molecule has 3 aromatic carbocycles. The molecule has 1 aliphatic heterocycles. The largest absolute Gasteiger partial charge is 0.507 e. The fourth-order valence-electron chi connectivity index (χ4n) is 3.30. The van der Waals surface area contributed by atoms with Crippen LogP contribution in [0.5, 0.6) is 5.75 Å². The highest BCUT2D eigenvalue weighted by Crippen LogP contribution is 2.34. The zero-order valence-corrected chi connectivity index (χ0v) is 17.8. The molecule has 3 aromatic rings. The van der Waals surface area contributed by atoms with Gasteiger partial charge < -0.3 is 10.4 Å². The molecule has 0 spiro atoms. The number of carbonyl (C=O) groups excluding carboxylic acids is 3. The van der Waals surface area contributed by atoms with Crippen LogP contribution in [0.15, 0.2) is 83.8 Å². The first kappa shape index (κ1) is 21.4. The van der Waals surface area contributed by atoms with E-state index in [1.54, 1.807) is 36.4 Å². The van der Waals surface area contributed by atoms with Gasteiger partial charge in [-0.05, 0) is 59.7 Å². The maximum Gasteiger partial charge on any atom is 0.294 e. The number of benzene rings is 3. The van der Waals surface area contributed by atoms with Crippen molar-refractivity contribution in [1.82, 2.24) is 4.90 Å². The van der Waals surface area contributed by atoms with E-state index in [4.69, 9.17) is 0 Å². The van der Waals surface area contributed by atoms with Crippen LogP contribution in [0.3, 0.4) is 0 Å². The van der Waals surface area contributed by atoms with E-state index in [1.807, 2.05) is 42.5 Å². The monoisotopic (exact) mass is 444 g/mol. The molecule has 160 valence electrons. The molecule has 0 aliphatic carbocycles. The van der Waals surface area contributed by atoms with Crippen LogP contribution in [0, 0.1) is 0 Å². The lowest BCUT2D eigenvalue weighted by Gasteiger charge is -2.12. The number of rotatable bonds is 6. The summed E-state index contributed by atoms with van der Waals surface area (Å²) in [6.45, 7) is -0.378. The second-order valence-electron chi connectivity index (χ2n) is 7.24. The minimum absolute atomic E-state index is 0.00966. The summed E-state index contributed by atoms with van der Waals surface area (Å²) < 4.78 is 0. The molecule has 1 fully saturated rings. The first-order chi connectivity index (χ1) is 15.5. The van der Waals surface area contributed by atoms with Gasteiger partial charge in [0.15, 0.2) is 0 Å². The van der Waals surface area contributed by atoms with Crippen molar-refractivity contribution in [3.05, 3.63) is 100 Å². The quantitative estimate of drug-likeness (QED) is 0.540. The molecule has 3 amide bonds.